The van der Waals surface area contributed by atoms with Crippen LogP contribution < -0.4 is 9.47 Å². The van der Waals surface area contributed by atoms with Gasteiger partial charge in [0.1, 0.15) is 5.82 Å². The number of hydrogen-bond donors (Lipinski definition) is 0. The van der Waals surface area contributed by atoms with E-state index in [9.17, 15) is 13.2 Å². The Labute approximate surface area is 194 Å². The zero-order valence-corrected chi connectivity index (χ0v) is 18.9. The first-order chi connectivity index (χ1) is 15.8. The summed E-state index contributed by atoms with van der Waals surface area (Å²) >= 11 is 5.99. The van der Waals surface area contributed by atoms with Gasteiger partial charge in [0, 0.05) is 18.0 Å². The highest BCUT2D eigenvalue weighted by atomic mass is 35.5. The van der Waals surface area contributed by atoms with Crippen LogP contribution in [0.2, 0.25) is 5.02 Å². The number of nitrogens with zero attached hydrogens (tertiary/aromatic N) is 2. The summed E-state index contributed by atoms with van der Waals surface area (Å²) in [6.07, 6.45) is -3.31. The fraction of sp³-hybridized carbons (Fsp3) is 0.240. The van der Waals surface area contributed by atoms with Crippen molar-refractivity contribution in [3.8, 4) is 11.5 Å². The standard InChI is InChI=1S/C25H22ClF3N2O2/c1-32-22-10-5-17(13-23(22)33-2)11-12-31-21-9-6-18(25(27,28)29)15-20(21)30-24(31)14-16-3-7-19(26)8-4-16/h3-10,13,15H,11-12,14H2,1-2H3. The molecule has 0 unspecified atom stereocenters. The Morgan fingerprint density at radius 1 is 0.879 bits per heavy atom. The van der Waals surface area contributed by atoms with Crippen molar-refractivity contribution in [3.05, 3.63) is 88.2 Å². The summed E-state index contributed by atoms with van der Waals surface area (Å²) < 4.78 is 52.4. The molecular formula is C25H22ClF3N2O2. The van der Waals surface area contributed by atoms with Gasteiger partial charge in [0.05, 0.1) is 30.8 Å². The van der Waals surface area contributed by atoms with Crippen molar-refractivity contribution in [2.24, 2.45) is 0 Å². The lowest BCUT2D eigenvalue weighted by atomic mass is 10.1. The number of imidazole rings is 1. The highest BCUT2D eigenvalue weighted by Crippen LogP contribution is 2.32. The first-order valence-electron chi connectivity index (χ1n) is 10.3. The fourth-order valence-electron chi connectivity index (χ4n) is 3.80. The Morgan fingerprint density at radius 2 is 1.58 bits per heavy atom. The van der Waals surface area contributed by atoms with Gasteiger partial charge in [0.15, 0.2) is 11.5 Å². The van der Waals surface area contributed by atoms with Crippen LogP contribution in [0.25, 0.3) is 11.0 Å². The van der Waals surface area contributed by atoms with Gasteiger partial charge in [-0.2, -0.15) is 13.2 Å². The highest BCUT2D eigenvalue weighted by molar-refractivity contribution is 6.30. The molecule has 0 aliphatic heterocycles. The molecule has 0 spiro atoms. The minimum atomic E-state index is -4.42. The number of halogens is 4. The van der Waals surface area contributed by atoms with Gasteiger partial charge in [0.2, 0.25) is 0 Å². The van der Waals surface area contributed by atoms with Crippen molar-refractivity contribution < 1.29 is 22.6 Å². The van der Waals surface area contributed by atoms with Gasteiger partial charge < -0.3 is 14.0 Å². The molecule has 4 aromatic rings. The number of rotatable bonds is 7. The van der Waals surface area contributed by atoms with Gasteiger partial charge in [-0.15, -0.1) is 0 Å². The average Bonchev–Trinajstić information content (AvgIpc) is 3.14. The van der Waals surface area contributed by atoms with Crippen molar-refractivity contribution in [1.29, 1.82) is 0 Å². The smallest absolute Gasteiger partial charge is 0.416 e. The Hall–Kier alpha value is -3.19. The maximum atomic E-state index is 13.2. The molecule has 0 aliphatic rings. The summed E-state index contributed by atoms with van der Waals surface area (Å²) in [4.78, 5) is 4.56. The van der Waals surface area contributed by atoms with Crippen LogP contribution in [-0.4, -0.2) is 23.8 Å². The summed E-state index contributed by atoms with van der Waals surface area (Å²) in [7, 11) is 3.15. The van der Waals surface area contributed by atoms with Crippen molar-refractivity contribution in [1.82, 2.24) is 9.55 Å². The van der Waals surface area contributed by atoms with Gasteiger partial charge in [-0.3, -0.25) is 0 Å². The SMILES string of the molecule is COc1ccc(CCn2c(Cc3ccc(Cl)cc3)nc3cc(C(F)(F)F)ccc32)cc1OC. The van der Waals surface area contributed by atoms with Crippen LogP contribution in [-0.2, 0) is 25.6 Å². The number of benzene rings is 3. The molecule has 33 heavy (non-hydrogen) atoms. The van der Waals surface area contributed by atoms with Crippen molar-refractivity contribution in [2.75, 3.05) is 14.2 Å². The summed E-state index contributed by atoms with van der Waals surface area (Å²) in [5, 5.41) is 0.621. The molecule has 0 saturated heterocycles. The van der Waals surface area contributed by atoms with Crippen LogP contribution >= 0.6 is 11.6 Å². The fourth-order valence-corrected chi connectivity index (χ4v) is 3.93. The summed E-state index contributed by atoms with van der Waals surface area (Å²) in [5.41, 5.74) is 2.25. The largest absolute Gasteiger partial charge is 0.493 e. The van der Waals surface area contributed by atoms with Crippen LogP contribution in [0.1, 0.15) is 22.5 Å². The van der Waals surface area contributed by atoms with E-state index in [1.54, 1.807) is 26.4 Å². The third-order valence-electron chi connectivity index (χ3n) is 5.50. The summed E-state index contributed by atoms with van der Waals surface area (Å²) in [6, 6.07) is 16.7. The monoisotopic (exact) mass is 474 g/mol. The Morgan fingerprint density at radius 3 is 2.24 bits per heavy atom. The second-order valence-corrected chi connectivity index (χ2v) is 8.06. The van der Waals surface area contributed by atoms with E-state index in [-0.39, 0.29) is 0 Å². The van der Waals surface area contributed by atoms with E-state index in [0.717, 1.165) is 23.3 Å². The number of methoxy groups -OCH3 is 2. The number of hydrogen-bond acceptors (Lipinski definition) is 3. The Balaban J connectivity index is 1.70. The lowest BCUT2D eigenvalue weighted by Crippen LogP contribution is -2.08. The molecule has 1 heterocycles. The molecule has 4 nitrogen and oxygen atoms in total. The number of ether oxygens (including phenoxy) is 2. The molecule has 172 valence electrons. The summed E-state index contributed by atoms with van der Waals surface area (Å²) in [5.74, 6) is 1.95. The molecule has 0 amide bonds. The normalized spacial score (nSPS) is 11.7. The minimum Gasteiger partial charge on any atom is -0.493 e. The van der Waals surface area contributed by atoms with Gasteiger partial charge in [-0.05, 0) is 60.0 Å². The third kappa shape index (κ3) is 5.09. The number of alkyl halides is 3. The zero-order chi connectivity index (χ0) is 23.6. The topological polar surface area (TPSA) is 36.3 Å². The van der Waals surface area contributed by atoms with Crippen LogP contribution in [0.4, 0.5) is 13.2 Å². The van der Waals surface area contributed by atoms with Gasteiger partial charge >= 0.3 is 6.18 Å². The maximum absolute atomic E-state index is 13.2. The molecule has 1 aromatic heterocycles. The Kier molecular flexibility index (Phi) is 6.51. The summed E-state index contributed by atoms with van der Waals surface area (Å²) in [6.45, 7) is 0.542. The van der Waals surface area contributed by atoms with E-state index in [2.05, 4.69) is 4.98 Å². The van der Waals surface area contributed by atoms with E-state index in [4.69, 9.17) is 21.1 Å². The lowest BCUT2D eigenvalue weighted by Gasteiger charge is -2.12. The Bertz CT molecular complexity index is 1270. The van der Waals surface area contributed by atoms with Gasteiger partial charge in [-0.25, -0.2) is 4.98 Å². The highest BCUT2D eigenvalue weighted by Gasteiger charge is 2.31. The van der Waals surface area contributed by atoms with Crippen molar-refractivity contribution >= 4 is 22.6 Å². The predicted octanol–water partition coefficient (Wildman–Crippen LogP) is 6.56. The average molecular weight is 475 g/mol. The van der Waals surface area contributed by atoms with Crippen LogP contribution in [0, 0.1) is 0 Å². The van der Waals surface area contributed by atoms with Crippen LogP contribution in [0.5, 0.6) is 11.5 Å². The molecule has 3 aromatic carbocycles. The minimum absolute atomic E-state index is 0.320. The second kappa shape index (κ2) is 9.35. The van der Waals surface area contributed by atoms with E-state index >= 15 is 0 Å². The molecule has 0 radical (unpaired) electrons. The molecule has 0 N–H and O–H groups in total. The molecule has 0 saturated carbocycles. The molecular weight excluding hydrogens is 453 g/mol. The quantitative estimate of drug-likeness (QED) is 0.304. The molecule has 0 atom stereocenters. The van der Waals surface area contributed by atoms with Crippen molar-refractivity contribution in [3.63, 3.8) is 0 Å². The predicted molar refractivity (Wildman–Crippen MR) is 122 cm³/mol. The molecule has 0 bridgehead atoms. The first-order valence-corrected chi connectivity index (χ1v) is 10.7. The number of aromatic nitrogens is 2. The van der Waals surface area contributed by atoms with E-state index in [1.165, 1.54) is 6.07 Å². The first kappa shape index (κ1) is 23.0. The van der Waals surface area contributed by atoms with E-state index in [0.29, 0.717) is 52.8 Å². The molecule has 8 heteroatoms. The molecule has 0 fully saturated rings. The molecule has 0 aliphatic carbocycles. The van der Waals surface area contributed by atoms with E-state index < -0.39 is 11.7 Å². The third-order valence-corrected chi connectivity index (χ3v) is 5.75. The van der Waals surface area contributed by atoms with Crippen LogP contribution in [0.3, 0.4) is 0 Å². The second-order valence-electron chi connectivity index (χ2n) is 7.62. The lowest BCUT2D eigenvalue weighted by molar-refractivity contribution is -0.137. The van der Waals surface area contributed by atoms with Crippen molar-refractivity contribution in [2.45, 2.75) is 25.6 Å². The van der Waals surface area contributed by atoms with Gasteiger partial charge in [0.25, 0.3) is 0 Å². The maximum Gasteiger partial charge on any atom is 0.416 e. The van der Waals surface area contributed by atoms with Gasteiger partial charge in [-0.1, -0.05) is 29.8 Å². The number of aryl methyl sites for hydroxylation is 2. The number of fused-ring (bicyclic) bond motifs is 1. The van der Waals surface area contributed by atoms with Crippen LogP contribution in [0.15, 0.2) is 60.7 Å². The molecule has 4 rings (SSSR count). The zero-order valence-electron chi connectivity index (χ0n) is 18.1. The van der Waals surface area contributed by atoms with E-state index in [1.807, 2.05) is 34.9 Å².